The van der Waals surface area contributed by atoms with E-state index in [1.807, 2.05) is 12.1 Å². The Morgan fingerprint density at radius 2 is 2.33 bits per heavy atom. The SMILES string of the molecule is CCCNC(c1ccc(Br)o1)C1CCS(=O)(=O)C1. The molecule has 1 aromatic heterocycles. The Morgan fingerprint density at radius 3 is 2.83 bits per heavy atom. The lowest BCUT2D eigenvalue weighted by Crippen LogP contribution is -2.29. The van der Waals surface area contributed by atoms with Gasteiger partial charge in [0.05, 0.1) is 17.5 Å². The van der Waals surface area contributed by atoms with E-state index in [1.165, 1.54) is 0 Å². The molecule has 1 aliphatic heterocycles. The van der Waals surface area contributed by atoms with Crippen LogP contribution < -0.4 is 5.32 Å². The summed E-state index contributed by atoms with van der Waals surface area (Å²) in [5, 5.41) is 3.40. The van der Waals surface area contributed by atoms with E-state index in [9.17, 15) is 8.42 Å². The largest absolute Gasteiger partial charge is 0.453 e. The lowest BCUT2D eigenvalue weighted by atomic mass is 9.97. The summed E-state index contributed by atoms with van der Waals surface area (Å²) < 4.78 is 29.4. The molecule has 1 fully saturated rings. The van der Waals surface area contributed by atoms with Gasteiger partial charge in [0.25, 0.3) is 0 Å². The zero-order chi connectivity index (χ0) is 13.2. The van der Waals surface area contributed by atoms with Crippen molar-refractivity contribution < 1.29 is 12.8 Å². The van der Waals surface area contributed by atoms with Crippen molar-refractivity contribution in [3.05, 3.63) is 22.6 Å². The quantitative estimate of drug-likeness (QED) is 0.898. The number of hydrogen-bond acceptors (Lipinski definition) is 4. The molecule has 4 nitrogen and oxygen atoms in total. The number of nitrogens with one attached hydrogen (secondary N) is 1. The molecule has 1 aromatic rings. The van der Waals surface area contributed by atoms with E-state index in [0.717, 1.165) is 18.7 Å². The van der Waals surface area contributed by atoms with Gasteiger partial charge in [-0.05, 0) is 53.4 Å². The Bertz CT molecular complexity index is 497. The topological polar surface area (TPSA) is 59.3 Å². The van der Waals surface area contributed by atoms with Crippen LogP contribution in [0.3, 0.4) is 0 Å². The van der Waals surface area contributed by atoms with Crippen molar-refractivity contribution in [2.45, 2.75) is 25.8 Å². The van der Waals surface area contributed by atoms with E-state index in [1.54, 1.807) is 0 Å². The van der Waals surface area contributed by atoms with Gasteiger partial charge in [-0.1, -0.05) is 6.92 Å². The molecule has 102 valence electrons. The highest BCUT2D eigenvalue weighted by molar-refractivity contribution is 9.10. The van der Waals surface area contributed by atoms with E-state index in [0.29, 0.717) is 16.8 Å². The zero-order valence-corrected chi connectivity index (χ0v) is 12.8. The molecule has 18 heavy (non-hydrogen) atoms. The van der Waals surface area contributed by atoms with Gasteiger partial charge in [-0.15, -0.1) is 0 Å². The van der Waals surface area contributed by atoms with Gasteiger partial charge < -0.3 is 9.73 Å². The molecule has 0 radical (unpaired) electrons. The van der Waals surface area contributed by atoms with Crippen LogP contribution in [0.15, 0.2) is 21.2 Å². The molecule has 1 aliphatic rings. The molecule has 0 spiro atoms. The third-order valence-corrected chi connectivity index (χ3v) is 5.47. The summed E-state index contributed by atoms with van der Waals surface area (Å²) in [4.78, 5) is 0. The van der Waals surface area contributed by atoms with Gasteiger partial charge >= 0.3 is 0 Å². The molecule has 2 heterocycles. The summed E-state index contributed by atoms with van der Waals surface area (Å²) in [6.07, 6.45) is 1.72. The van der Waals surface area contributed by atoms with Gasteiger partial charge in [0.1, 0.15) is 5.76 Å². The van der Waals surface area contributed by atoms with Crippen LogP contribution in [0.2, 0.25) is 0 Å². The van der Waals surface area contributed by atoms with Gasteiger partial charge in [0, 0.05) is 0 Å². The predicted molar refractivity (Wildman–Crippen MR) is 74.2 cm³/mol. The lowest BCUT2D eigenvalue weighted by molar-refractivity contribution is 0.325. The van der Waals surface area contributed by atoms with Crippen LogP contribution in [0.25, 0.3) is 0 Å². The highest BCUT2D eigenvalue weighted by atomic mass is 79.9. The van der Waals surface area contributed by atoms with E-state index in [-0.39, 0.29) is 17.7 Å². The molecule has 6 heteroatoms. The molecule has 0 bridgehead atoms. The molecular weight excluding hydrogens is 318 g/mol. The van der Waals surface area contributed by atoms with Crippen LogP contribution in [0.4, 0.5) is 0 Å². The molecule has 0 aliphatic carbocycles. The Balaban J connectivity index is 2.15. The maximum Gasteiger partial charge on any atom is 0.169 e. The van der Waals surface area contributed by atoms with Gasteiger partial charge in [0.15, 0.2) is 14.5 Å². The van der Waals surface area contributed by atoms with Crippen LogP contribution in [0, 0.1) is 5.92 Å². The van der Waals surface area contributed by atoms with Crippen molar-refractivity contribution in [2.75, 3.05) is 18.1 Å². The fraction of sp³-hybridized carbons (Fsp3) is 0.667. The molecule has 2 unspecified atom stereocenters. The monoisotopic (exact) mass is 335 g/mol. The first-order valence-electron chi connectivity index (χ1n) is 6.21. The van der Waals surface area contributed by atoms with Crippen molar-refractivity contribution in [2.24, 2.45) is 5.92 Å². The lowest BCUT2D eigenvalue weighted by Gasteiger charge is -2.21. The average molecular weight is 336 g/mol. The first-order chi connectivity index (χ1) is 8.52. The zero-order valence-electron chi connectivity index (χ0n) is 10.4. The van der Waals surface area contributed by atoms with Gasteiger partial charge in [-0.25, -0.2) is 8.42 Å². The van der Waals surface area contributed by atoms with Gasteiger partial charge in [-0.2, -0.15) is 0 Å². The molecule has 0 amide bonds. The Kier molecular flexibility index (Phi) is 4.50. The number of sulfone groups is 1. The third-order valence-electron chi connectivity index (χ3n) is 3.25. The van der Waals surface area contributed by atoms with E-state index < -0.39 is 9.84 Å². The fourth-order valence-electron chi connectivity index (χ4n) is 2.38. The van der Waals surface area contributed by atoms with Crippen molar-refractivity contribution in [3.8, 4) is 0 Å². The summed E-state index contributed by atoms with van der Waals surface area (Å²) in [6, 6.07) is 3.75. The molecule has 1 saturated heterocycles. The maximum absolute atomic E-state index is 11.6. The van der Waals surface area contributed by atoms with Crippen LogP contribution in [-0.2, 0) is 9.84 Å². The predicted octanol–water partition coefficient (Wildman–Crippen LogP) is 2.52. The Morgan fingerprint density at radius 1 is 1.56 bits per heavy atom. The minimum absolute atomic E-state index is 0.00600. The normalized spacial score (nSPS) is 24.2. The van der Waals surface area contributed by atoms with Crippen molar-refractivity contribution in [3.63, 3.8) is 0 Å². The first-order valence-corrected chi connectivity index (χ1v) is 8.82. The van der Waals surface area contributed by atoms with Crippen LogP contribution in [0.1, 0.15) is 31.6 Å². The summed E-state index contributed by atoms with van der Waals surface area (Å²) in [7, 11) is -2.86. The van der Waals surface area contributed by atoms with Crippen molar-refractivity contribution in [1.82, 2.24) is 5.32 Å². The van der Waals surface area contributed by atoms with Crippen LogP contribution >= 0.6 is 15.9 Å². The number of furan rings is 1. The van der Waals surface area contributed by atoms with E-state index in [2.05, 4.69) is 28.2 Å². The second-order valence-electron chi connectivity index (χ2n) is 4.74. The first kappa shape index (κ1) is 14.1. The van der Waals surface area contributed by atoms with Crippen LogP contribution in [0.5, 0.6) is 0 Å². The smallest absolute Gasteiger partial charge is 0.169 e. The minimum Gasteiger partial charge on any atom is -0.453 e. The third kappa shape index (κ3) is 3.36. The van der Waals surface area contributed by atoms with Gasteiger partial charge in [-0.3, -0.25) is 0 Å². The molecular formula is C12H18BrNO3S. The summed E-state index contributed by atoms with van der Waals surface area (Å²) in [5.41, 5.74) is 0. The highest BCUT2D eigenvalue weighted by Crippen LogP contribution is 2.33. The second kappa shape index (κ2) is 5.75. The van der Waals surface area contributed by atoms with Crippen molar-refractivity contribution in [1.29, 1.82) is 0 Å². The maximum atomic E-state index is 11.6. The summed E-state index contributed by atoms with van der Waals surface area (Å²) >= 11 is 3.29. The number of halogens is 1. The number of rotatable bonds is 5. The van der Waals surface area contributed by atoms with Gasteiger partial charge in [0.2, 0.25) is 0 Å². The molecule has 1 N–H and O–H groups in total. The minimum atomic E-state index is -2.86. The van der Waals surface area contributed by atoms with E-state index >= 15 is 0 Å². The molecule has 2 atom stereocenters. The highest BCUT2D eigenvalue weighted by Gasteiger charge is 2.35. The molecule has 0 saturated carbocycles. The number of hydrogen-bond donors (Lipinski definition) is 1. The average Bonchev–Trinajstić information content (AvgIpc) is 2.86. The van der Waals surface area contributed by atoms with Crippen molar-refractivity contribution >= 4 is 25.8 Å². The summed E-state index contributed by atoms with van der Waals surface area (Å²) in [5.74, 6) is 1.48. The fourth-order valence-corrected chi connectivity index (χ4v) is 4.54. The Hall–Kier alpha value is -0.330. The second-order valence-corrected chi connectivity index (χ2v) is 7.75. The Labute approximate surface area is 116 Å². The summed E-state index contributed by atoms with van der Waals surface area (Å²) in [6.45, 7) is 2.95. The molecule has 2 rings (SSSR count). The van der Waals surface area contributed by atoms with E-state index in [4.69, 9.17) is 4.42 Å². The molecule has 0 aromatic carbocycles. The van der Waals surface area contributed by atoms with Crippen LogP contribution in [-0.4, -0.2) is 26.5 Å². The standard InChI is InChI=1S/C12H18BrNO3S/c1-2-6-14-12(10-3-4-11(13)17-10)9-5-7-18(15,16)8-9/h3-4,9,12,14H,2,5-8H2,1H3.